The number of carboxylic acids is 1. The van der Waals surface area contributed by atoms with Crippen molar-refractivity contribution in [2.45, 2.75) is 0 Å². The number of benzene rings is 1. The number of rotatable bonds is 5. The molecule has 0 radical (unpaired) electrons. The normalized spacial score (nSPS) is 10.3. The Balaban J connectivity index is 2.53. The van der Waals surface area contributed by atoms with Crippen LogP contribution in [-0.4, -0.2) is 32.6 Å². The summed E-state index contributed by atoms with van der Waals surface area (Å²) in [4.78, 5) is 34.6. The maximum Gasteiger partial charge on any atom is 0.261 e. The first-order valence-corrected chi connectivity index (χ1v) is 6.96. The monoisotopic (exact) mass is 322 g/mol. The van der Waals surface area contributed by atoms with Crippen LogP contribution in [0.25, 0.3) is 10.8 Å². The van der Waals surface area contributed by atoms with Crippen molar-refractivity contribution in [1.82, 2.24) is 5.32 Å². The molecule has 1 heterocycles. The van der Waals surface area contributed by atoms with Crippen molar-refractivity contribution in [2.24, 2.45) is 0 Å². The highest BCUT2D eigenvalue weighted by Gasteiger charge is 2.16. The van der Waals surface area contributed by atoms with E-state index in [2.05, 4.69) is 5.32 Å². The summed E-state index contributed by atoms with van der Waals surface area (Å²) in [6.45, 7) is -0.621. The van der Waals surface area contributed by atoms with Crippen LogP contribution in [0, 0.1) is 0 Å². The molecule has 0 aliphatic carbocycles. The van der Waals surface area contributed by atoms with Gasteiger partial charge in [-0.15, -0.1) is 0 Å². The lowest BCUT2D eigenvalue weighted by molar-refractivity contribution is -0.303. The fraction of sp³-hybridized carbons (Fsp3) is 0.214. The molecule has 1 aromatic carbocycles. The second-order valence-corrected chi connectivity index (χ2v) is 5.23. The third-order valence-electron chi connectivity index (χ3n) is 2.89. The van der Waals surface area contributed by atoms with Crippen LogP contribution in [0.15, 0.2) is 23.0 Å². The topological polar surface area (TPSA) is 105 Å². The van der Waals surface area contributed by atoms with E-state index in [-0.39, 0.29) is 9.62 Å². The average Bonchev–Trinajstić information content (AvgIpc) is 2.51. The second-order valence-electron chi connectivity index (χ2n) is 4.22. The summed E-state index contributed by atoms with van der Waals surface area (Å²) < 4.78 is 9.95. The second kappa shape index (κ2) is 6.44. The Kier molecular flexibility index (Phi) is 4.62. The Labute approximate surface area is 129 Å². The van der Waals surface area contributed by atoms with Gasteiger partial charge in [0.05, 0.1) is 37.0 Å². The number of nitrogens with one attached hydrogen (secondary N) is 1. The van der Waals surface area contributed by atoms with Crippen LogP contribution < -0.4 is 24.6 Å². The van der Waals surface area contributed by atoms with Gasteiger partial charge < -0.3 is 24.7 Å². The van der Waals surface area contributed by atoms with Crippen molar-refractivity contribution in [3.05, 3.63) is 32.6 Å². The highest BCUT2D eigenvalue weighted by atomic mass is 32.1. The van der Waals surface area contributed by atoms with Crippen molar-refractivity contribution in [3.8, 4) is 11.5 Å². The van der Waals surface area contributed by atoms with Crippen LogP contribution in [0.1, 0.15) is 9.67 Å². The predicted octanol–water partition coefficient (Wildman–Crippen LogP) is -0.242. The summed E-state index contributed by atoms with van der Waals surface area (Å²) in [6, 6.07) is 4.74. The van der Waals surface area contributed by atoms with Gasteiger partial charge in [-0.25, -0.2) is 0 Å². The van der Waals surface area contributed by atoms with Gasteiger partial charge in [-0.1, -0.05) is 17.4 Å². The van der Waals surface area contributed by atoms with Crippen LogP contribution >= 0.6 is 11.3 Å². The summed E-state index contributed by atoms with van der Waals surface area (Å²) in [7, 11) is 2.88. The third-order valence-corrected chi connectivity index (χ3v) is 3.80. The highest BCUT2D eigenvalue weighted by molar-refractivity contribution is 7.12. The first kappa shape index (κ1) is 15.8. The van der Waals surface area contributed by atoms with E-state index >= 15 is 0 Å². The minimum Gasteiger partial charge on any atom is -0.548 e. The molecule has 1 aromatic heterocycles. The van der Waals surface area contributed by atoms with Gasteiger partial charge in [-0.3, -0.25) is 9.59 Å². The molecule has 22 heavy (non-hydrogen) atoms. The minimum atomic E-state index is -1.41. The standard InChI is InChI=1S/C14H13NO6S/c1-20-8-4-3-7-5-9(13(18)15-6-10(16)17)22-14(19)11(7)12(8)21-2/h3-5H,6H2,1-2H3,(H,15,18)(H,16,17)/p-1. The SMILES string of the molecule is COc1ccc2cc(C(=O)NCC(=O)[O-])sc(=O)c2c1OC. The zero-order valence-electron chi connectivity index (χ0n) is 11.8. The summed E-state index contributed by atoms with van der Waals surface area (Å²) >= 11 is 0.699. The lowest BCUT2D eigenvalue weighted by atomic mass is 10.1. The Hall–Kier alpha value is -2.61. The van der Waals surface area contributed by atoms with Gasteiger partial charge in [-0.05, 0) is 17.5 Å². The van der Waals surface area contributed by atoms with Gasteiger partial charge in [0.1, 0.15) is 0 Å². The summed E-state index contributed by atoms with van der Waals surface area (Å²) in [6.07, 6.45) is 0. The van der Waals surface area contributed by atoms with E-state index in [9.17, 15) is 19.5 Å². The molecule has 0 saturated heterocycles. The number of hydrogen-bond acceptors (Lipinski definition) is 7. The van der Waals surface area contributed by atoms with Crippen molar-refractivity contribution in [2.75, 3.05) is 20.8 Å². The van der Waals surface area contributed by atoms with E-state index in [1.54, 1.807) is 12.1 Å². The molecule has 8 heteroatoms. The molecule has 0 fully saturated rings. The number of carbonyl (C=O) groups excluding carboxylic acids is 2. The molecule has 0 bridgehead atoms. The Bertz CT molecular complexity index is 798. The lowest BCUT2D eigenvalue weighted by Gasteiger charge is -2.11. The zero-order valence-corrected chi connectivity index (χ0v) is 12.6. The molecule has 0 unspecified atom stereocenters. The minimum absolute atomic E-state index is 0.103. The van der Waals surface area contributed by atoms with Crippen LogP contribution in [0.2, 0.25) is 0 Å². The number of methoxy groups -OCH3 is 2. The van der Waals surface area contributed by atoms with E-state index in [1.807, 2.05) is 0 Å². The van der Waals surface area contributed by atoms with E-state index in [0.717, 1.165) is 0 Å². The number of fused-ring (bicyclic) bond motifs is 1. The quantitative estimate of drug-likeness (QED) is 0.814. The first-order chi connectivity index (χ1) is 10.5. The molecule has 2 rings (SSSR count). The van der Waals surface area contributed by atoms with Gasteiger partial charge in [-0.2, -0.15) is 0 Å². The number of carboxylic acid groups (broad SMARTS) is 1. The lowest BCUT2D eigenvalue weighted by Crippen LogP contribution is -2.37. The van der Waals surface area contributed by atoms with Gasteiger partial charge in [0.25, 0.3) is 5.91 Å². The Morgan fingerprint density at radius 3 is 2.59 bits per heavy atom. The van der Waals surface area contributed by atoms with Crippen molar-refractivity contribution < 1.29 is 24.2 Å². The van der Waals surface area contributed by atoms with Gasteiger partial charge in [0, 0.05) is 0 Å². The maximum atomic E-state index is 12.3. The predicted molar refractivity (Wildman–Crippen MR) is 78.5 cm³/mol. The van der Waals surface area contributed by atoms with E-state index in [0.29, 0.717) is 33.6 Å². The highest BCUT2D eigenvalue weighted by Crippen LogP contribution is 2.34. The molecule has 0 atom stereocenters. The van der Waals surface area contributed by atoms with Gasteiger partial charge in [0.2, 0.25) is 4.74 Å². The summed E-state index contributed by atoms with van der Waals surface area (Å²) in [5.74, 6) is -1.35. The number of carbonyl (C=O) groups is 2. The van der Waals surface area contributed by atoms with E-state index in [4.69, 9.17) is 9.47 Å². The van der Waals surface area contributed by atoms with Crippen molar-refractivity contribution in [3.63, 3.8) is 0 Å². The van der Waals surface area contributed by atoms with Gasteiger partial charge >= 0.3 is 0 Å². The fourth-order valence-electron chi connectivity index (χ4n) is 1.95. The fourth-order valence-corrected chi connectivity index (χ4v) is 2.81. The molecular weight excluding hydrogens is 310 g/mol. The average molecular weight is 322 g/mol. The molecule has 0 saturated carbocycles. The molecule has 116 valence electrons. The summed E-state index contributed by atoms with van der Waals surface area (Å²) in [5, 5.41) is 13.3. The number of ether oxygens (including phenoxy) is 2. The first-order valence-electron chi connectivity index (χ1n) is 6.14. The van der Waals surface area contributed by atoms with Crippen molar-refractivity contribution >= 4 is 34.0 Å². The molecular formula is C14H12NO6S-. The smallest absolute Gasteiger partial charge is 0.261 e. The van der Waals surface area contributed by atoms with Crippen LogP contribution in [-0.2, 0) is 4.79 Å². The number of hydrogen-bond donors (Lipinski definition) is 1. The van der Waals surface area contributed by atoms with E-state index in [1.165, 1.54) is 20.3 Å². The molecule has 7 nitrogen and oxygen atoms in total. The Morgan fingerprint density at radius 2 is 2.00 bits per heavy atom. The molecule has 0 aliphatic rings. The number of amides is 1. The zero-order chi connectivity index (χ0) is 16.3. The van der Waals surface area contributed by atoms with Crippen LogP contribution in [0.4, 0.5) is 0 Å². The van der Waals surface area contributed by atoms with Crippen LogP contribution in [0.3, 0.4) is 0 Å². The molecule has 0 aliphatic heterocycles. The molecule has 0 spiro atoms. The van der Waals surface area contributed by atoms with Crippen LogP contribution in [0.5, 0.6) is 11.5 Å². The van der Waals surface area contributed by atoms with Crippen molar-refractivity contribution in [1.29, 1.82) is 0 Å². The molecule has 1 amide bonds. The Morgan fingerprint density at radius 1 is 1.27 bits per heavy atom. The third kappa shape index (κ3) is 3.01. The van der Waals surface area contributed by atoms with Gasteiger partial charge in [0.15, 0.2) is 11.5 Å². The number of aliphatic carboxylic acids is 1. The van der Waals surface area contributed by atoms with E-state index < -0.39 is 18.4 Å². The maximum absolute atomic E-state index is 12.3. The largest absolute Gasteiger partial charge is 0.548 e. The molecule has 1 N–H and O–H groups in total. The molecule has 2 aromatic rings. The summed E-state index contributed by atoms with van der Waals surface area (Å²) in [5.41, 5.74) is 0.